The highest BCUT2D eigenvalue weighted by atomic mass is 16.4. The molecule has 0 saturated carbocycles. The molecule has 1 atom stereocenters. The van der Waals surface area contributed by atoms with Crippen LogP contribution in [0.4, 0.5) is 0 Å². The van der Waals surface area contributed by atoms with Crippen LogP contribution in [0.3, 0.4) is 0 Å². The number of benzene rings is 2. The molecule has 0 bridgehead atoms. The number of aromatic nitrogens is 3. The Balaban J connectivity index is 1.45. The number of carbonyl (C=O) groups excluding carboxylic acids is 2. The number of aryl methyl sites for hydroxylation is 1. The predicted molar refractivity (Wildman–Crippen MR) is 136 cm³/mol. The molecule has 1 aliphatic carbocycles. The molecule has 2 aromatic carbocycles. The number of rotatable bonds is 4. The molecular formula is C28H23N5O4. The molecule has 4 aromatic rings. The Kier molecular flexibility index (Phi) is 5.52. The van der Waals surface area contributed by atoms with Gasteiger partial charge in [0.05, 0.1) is 17.3 Å². The number of oxime groups is 1. The minimum Gasteiger partial charge on any atom is -0.508 e. The topological polar surface area (TPSA) is 130 Å². The summed E-state index contributed by atoms with van der Waals surface area (Å²) in [6.07, 6.45) is 7.41. The van der Waals surface area contributed by atoms with E-state index < -0.39 is 11.8 Å². The summed E-state index contributed by atoms with van der Waals surface area (Å²) in [5.74, 6) is -1.33. The van der Waals surface area contributed by atoms with E-state index in [1.807, 2.05) is 30.5 Å². The minimum atomic E-state index is -0.619. The lowest BCUT2D eigenvalue weighted by atomic mass is 9.89. The van der Waals surface area contributed by atoms with E-state index >= 15 is 0 Å². The van der Waals surface area contributed by atoms with Crippen molar-refractivity contribution < 1.29 is 19.9 Å². The smallest absolute Gasteiger partial charge is 0.234 e. The first-order chi connectivity index (χ1) is 18.0. The summed E-state index contributed by atoms with van der Waals surface area (Å²) in [6.45, 7) is 0. The number of pyridine rings is 1. The third-order valence-electron chi connectivity index (χ3n) is 7.04. The Morgan fingerprint density at radius 3 is 2.57 bits per heavy atom. The van der Waals surface area contributed by atoms with Crippen LogP contribution >= 0.6 is 0 Å². The number of nitrogens with zero attached hydrogens (tertiary/aromatic N) is 4. The molecule has 1 aliphatic heterocycles. The summed E-state index contributed by atoms with van der Waals surface area (Å²) in [4.78, 5) is 28.2. The van der Waals surface area contributed by atoms with Gasteiger partial charge in [-0.25, -0.2) is 4.68 Å². The number of carbonyl (C=O) groups is 2. The molecular weight excluding hydrogens is 470 g/mol. The highest BCUT2D eigenvalue weighted by Crippen LogP contribution is 2.37. The van der Waals surface area contributed by atoms with Crippen molar-refractivity contribution in [3.05, 3.63) is 83.8 Å². The Labute approximate surface area is 212 Å². The zero-order chi connectivity index (χ0) is 25.5. The first-order valence-corrected chi connectivity index (χ1v) is 12.0. The van der Waals surface area contributed by atoms with Crippen molar-refractivity contribution in [3.63, 3.8) is 0 Å². The van der Waals surface area contributed by atoms with E-state index in [9.17, 15) is 19.9 Å². The maximum absolute atomic E-state index is 12.5. The van der Waals surface area contributed by atoms with Crippen molar-refractivity contribution >= 4 is 17.5 Å². The lowest BCUT2D eigenvalue weighted by Crippen LogP contribution is -2.39. The Morgan fingerprint density at radius 1 is 0.946 bits per heavy atom. The van der Waals surface area contributed by atoms with E-state index in [0.717, 1.165) is 39.9 Å². The van der Waals surface area contributed by atoms with Crippen LogP contribution in [0.15, 0.2) is 72.3 Å². The molecule has 184 valence electrons. The van der Waals surface area contributed by atoms with E-state index in [1.54, 1.807) is 35.3 Å². The lowest BCUT2D eigenvalue weighted by molar-refractivity contribution is -0.134. The maximum Gasteiger partial charge on any atom is 0.234 e. The van der Waals surface area contributed by atoms with E-state index in [1.165, 1.54) is 0 Å². The van der Waals surface area contributed by atoms with Crippen LogP contribution < -0.4 is 5.32 Å². The average molecular weight is 494 g/mol. The molecule has 37 heavy (non-hydrogen) atoms. The SMILES string of the molecule is O=C1CCC(c2cc(-n3cc(-c4ccc5c(c4)CC/C5=N\O)c(-c4ccncc4)n3)ccc2O)C(=O)N1. The number of piperidine rings is 1. The summed E-state index contributed by atoms with van der Waals surface area (Å²) in [5.41, 5.74) is 7.42. The van der Waals surface area contributed by atoms with Crippen LogP contribution in [0.1, 0.15) is 41.9 Å². The van der Waals surface area contributed by atoms with Crippen LogP contribution in [0.2, 0.25) is 0 Å². The summed E-state index contributed by atoms with van der Waals surface area (Å²) in [5, 5.41) is 30.5. The second-order valence-corrected chi connectivity index (χ2v) is 9.24. The van der Waals surface area contributed by atoms with Gasteiger partial charge in [0.15, 0.2) is 0 Å². The number of fused-ring (bicyclic) bond motifs is 1. The number of amides is 2. The van der Waals surface area contributed by atoms with Crippen molar-refractivity contribution in [2.24, 2.45) is 5.16 Å². The molecule has 3 N–H and O–H groups in total. The van der Waals surface area contributed by atoms with E-state index in [2.05, 4.69) is 21.5 Å². The highest BCUT2D eigenvalue weighted by Gasteiger charge is 2.30. The number of aromatic hydroxyl groups is 1. The average Bonchev–Trinajstić information content (AvgIpc) is 3.54. The third-order valence-corrected chi connectivity index (χ3v) is 7.04. The number of phenolic OH excluding ortho intramolecular Hbond substituents is 1. The molecule has 3 heterocycles. The molecule has 9 heteroatoms. The van der Waals surface area contributed by atoms with Crippen molar-refractivity contribution in [1.82, 2.24) is 20.1 Å². The van der Waals surface area contributed by atoms with Crippen LogP contribution in [-0.4, -0.2) is 42.6 Å². The summed E-state index contributed by atoms with van der Waals surface area (Å²) in [6, 6.07) is 14.9. The van der Waals surface area contributed by atoms with E-state index in [0.29, 0.717) is 29.8 Å². The molecule has 2 aromatic heterocycles. The van der Waals surface area contributed by atoms with Crippen LogP contribution in [0.5, 0.6) is 5.75 Å². The zero-order valence-corrected chi connectivity index (χ0v) is 19.8. The lowest BCUT2D eigenvalue weighted by Gasteiger charge is -2.22. The van der Waals surface area contributed by atoms with Gasteiger partial charge in [-0.15, -0.1) is 0 Å². The van der Waals surface area contributed by atoms with Gasteiger partial charge in [0.2, 0.25) is 11.8 Å². The first kappa shape index (κ1) is 22.7. The molecule has 1 unspecified atom stereocenters. The van der Waals surface area contributed by atoms with Gasteiger partial charge in [0, 0.05) is 47.3 Å². The van der Waals surface area contributed by atoms with Gasteiger partial charge in [0.1, 0.15) is 11.4 Å². The monoisotopic (exact) mass is 493 g/mol. The second-order valence-electron chi connectivity index (χ2n) is 9.24. The molecule has 2 amide bonds. The maximum atomic E-state index is 12.5. The first-order valence-electron chi connectivity index (χ1n) is 12.0. The quantitative estimate of drug-likeness (QED) is 0.224. The minimum absolute atomic E-state index is 0.0000373. The Hall–Kier alpha value is -4.79. The number of phenols is 1. The second kappa shape index (κ2) is 9.02. The summed E-state index contributed by atoms with van der Waals surface area (Å²) < 4.78 is 1.73. The third kappa shape index (κ3) is 4.04. The predicted octanol–water partition coefficient (Wildman–Crippen LogP) is 3.95. The van der Waals surface area contributed by atoms with Crippen molar-refractivity contribution in [2.45, 2.75) is 31.6 Å². The van der Waals surface area contributed by atoms with Crippen LogP contribution in [-0.2, 0) is 16.0 Å². The molecule has 6 rings (SSSR count). The van der Waals surface area contributed by atoms with Gasteiger partial charge < -0.3 is 10.3 Å². The summed E-state index contributed by atoms with van der Waals surface area (Å²) in [7, 11) is 0. The van der Waals surface area contributed by atoms with E-state index in [-0.39, 0.29) is 18.1 Å². The van der Waals surface area contributed by atoms with Gasteiger partial charge in [-0.3, -0.25) is 19.9 Å². The number of imide groups is 1. The van der Waals surface area contributed by atoms with Gasteiger partial charge in [-0.2, -0.15) is 5.10 Å². The number of nitrogens with one attached hydrogen (secondary N) is 1. The largest absolute Gasteiger partial charge is 0.508 e. The fourth-order valence-electron chi connectivity index (χ4n) is 5.14. The molecule has 2 aliphatic rings. The Morgan fingerprint density at radius 2 is 1.78 bits per heavy atom. The van der Waals surface area contributed by atoms with Gasteiger partial charge >= 0.3 is 0 Å². The van der Waals surface area contributed by atoms with Gasteiger partial charge in [-0.05, 0) is 60.7 Å². The van der Waals surface area contributed by atoms with Gasteiger partial charge in [-0.1, -0.05) is 23.4 Å². The molecule has 0 spiro atoms. The van der Waals surface area contributed by atoms with Crippen molar-refractivity contribution in [3.8, 4) is 33.8 Å². The van der Waals surface area contributed by atoms with Crippen molar-refractivity contribution in [1.29, 1.82) is 0 Å². The van der Waals surface area contributed by atoms with Crippen LogP contribution in [0.25, 0.3) is 28.1 Å². The molecule has 0 radical (unpaired) electrons. The Bertz CT molecular complexity index is 1570. The number of hydrogen-bond acceptors (Lipinski definition) is 7. The van der Waals surface area contributed by atoms with Crippen LogP contribution in [0, 0.1) is 0 Å². The highest BCUT2D eigenvalue weighted by molar-refractivity contribution is 6.04. The fourth-order valence-corrected chi connectivity index (χ4v) is 5.14. The van der Waals surface area contributed by atoms with Gasteiger partial charge in [0.25, 0.3) is 0 Å². The zero-order valence-electron chi connectivity index (χ0n) is 19.8. The number of hydrogen-bond donors (Lipinski definition) is 3. The normalized spacial score (nSPS) is 18.2. The standard InChI is InChI=1S/C28H23N5O4/c34-25-7-3-19(14-22(25)21-5-8-26(35)30-28(21)36)33-15-23(27(31-33)16-9-11-29-12-10-16)18-1-4-20-17(13-18)2-6-24(20)32-37/h1,3-4,7,9-15,21,34,37H,2,5-6,8H2,(H,30,35,36)/b32-24+. The molecule has 9 nitrogen and oxygen atoms in total. The fraction of sp³-hybridized carbons (Fsp3) is 0.179. The van der Waals surface area contributed by atoms with E-state index in [4.69, 9.17) is 5.10 Å². The molecule has 1 fully saturated rings. The van der Waals surface area contributed by atoms with Crippen molar-refractivity contribution in [2.75, 3.05) is 0 Å². The summed E-state index contributed by atoms with van der Waals surface area (Å²) >= 11 is 0. The molecule has 1 saturated heterocycles.